The maximum absolute atomic E-state index is 12.6. The molecule has 1 aromatic heterocycles. The average Bonchev–Trinajstić information content (AvgIpc) is 2.71. The van der Waals surface area contributed by atoms with Gasteiger partial charge in [-0.1, -0.05) is 40.4 Å². The topological polar surface area (TPSA) is 55.2 Å². The number of nitrogens with zero attached hydrogens (tertiary/aromatic N) is 3. The molecule has 1 aromatic rings. The molecule has 0 unspecified atom stereocenters. The van der Waals surface area contributed by atoms with Gasteiger partial charge in [0, 0.05) is 14.1 Å². The van der Waals surface area contributed by atoms with Crippen LogP contribution in [0.4, 0.5) is 0 Å². The van der Waals surface area contributed by atoms with Gasteiger partial charge in [-0.05, 0) is 11.1 Å². The second kappa shape index (κ2) is 5.12. The van der Waals surface area contributed by atoms with E-state index in [0.717, 1.165) is 0 Å². The van der Waals surface area contributed by atoms with Crippen molar-refractivity contribution in [1.82, 2.24) is 13.3 Å². The van der Waals surface area contributed by atoms with Gasteiger partial charge in [-0.3, -0.25) is 0 Å². The third-order valence-corrected chi connectivity index (χ3v) is 11.2. The Morgan fingerprint density at radius 3 is 2.20 bits per heavy atom. The summed E-state index contributed by atoms with van der Waals surface area (Å²) in [5, 5.41) is -0.00360. The summed E-state index contributed by atoms with van der Waals surface area (Å²) in [6.45, 7) is 14.4. The van der Waals surface area contributed by atoms with Crippen molar-refractivity contribution in [2.75, 3.05) is 14.1 Å². The van der Waals surface area contributed by atoms with Gasteiger partial charge in [0.2, 0.25) is 0 Å². The lowest BCUT2D eigenvalue weighted by Gasteiger charge is -2.36. The number of rotatable bonds is 4. The van der Waals surface area contributed by atoms with Gasteiger partial charge >= 0.3 is 10.2 Å². The molecule has 0 aliphatic heterocycles. The lowest BCUT2D eigenvalue weighted by atomic mass is 10.2. The predicted molar refractivity (Wildman–Crippen MR) is 87.2 cm³/mol. The minimum Gasteiger partial charge on any atom is -0.245 e. The number of hydrogen-bond acceptors (Lipinski definition) is 3. The fraction of sp³-hybridized carbons (Fsp3) is 0.615. The first kappa shape index (κ1) is 17.1. The van der Waals surface area contributed by atoms with Gasteiger partial charge < -0.3 is 0 Å². The van der Waals surface area contributed by atoms with Crippen molar-refractivity contribution in [3.63, 3.8) is 0 Å². The normalized spacial score (nSPS) is 13.8. The zero-order chi connectivity index (χ0) is 15.9. The van der Waals surface area contributed by atoms with Gasteiger partial charge in [-0.25, -0.2) is 8.96 Å². The van der Waals surface area contributed by atoms with Crippen molar-refractivity contribution in [2.45, 2.75) is 38.9 Å². The number of hydrogen-bond donors (Lipinski definition) is 0. The first-order valence-electron chi connectivity index (χ1n) is 6.51. The van der Waals surface area contributed by atoms with E-state index in [1.807, 2.05) is 0 Å². The largest absolute Gasteiger partial charge is 0.308 e. The Labute approximate surface area is 123 Å². The maximum atomic E-state index is 12.6. The van der Waals surface area contributed by atoms with Crippen LogP contribution < -0.4 is 5.45 Å². The molecule has 0 aliphatic carbocycles. The Balaban J connectivity index is 3.70. The molecule has 0 spiro atoms. The van der Waals surface area contributed by atoms with Crippen molar-refractivity contribution < 1.29 is 8.42 Å². The smallest absolute Gasteiger partial charge is 0.245 e. The second-order valence-corrected chi connectivity index (χ2v) is 13.8. The van der Waals surface area contributed by atoms with Gasteiger partial charge in [-0.15, -0.1) is 0 Å². The highest BCUT2D eigenvalue weighted by molar-refractivity contribution is 7.87. The molecule has 5 nitrogen and oxygen atoms in total. The van der Waals surface area contributed by atoms with E-state index in [4.69, 9.17) is 0 Å². The van der Waals surface area contributed by atoms with Gasteiger partial charge in [0.05, 0.1) is 11.9 Å². The minimum atomic E-state index is -3.60. The van der Waals surface area contributed by atoms with Crippen molar-refractivity contribution in [2.24, 2.45) is 0 Å². The summed E-state index contributed by atoms with van der Waals surface area (Å²) < 4.78 is 27.7. The van der Waals surface area contributed by atoms with E-state index in [2.05, 4.69) is 45.4 Å². The molecule has 0 N–H and O–H groups in total. The third-order valence-electron chi connectivity index (χ3n) is 4.08. The zero-order valence-electron chi connectivity index (χ0n) is 13.4. The molecule has 1 rings (SSSR count). The lowest BCUT2D eigenvalue weighted by Crippen LogP contribution is -2.56. The average molecular weight is 316 g/mol. The summed E-state index contributed by atoms with van der Waals surface area (Å²) >= 11 is 0. The van der Waals surface area contributed by atoms with Crippen molar-refractivity contribution in [3.8, 4) is 0 Å². The van der Waals surface area contributed by atoms with E-state index < -0.39 is 18.3 Å². The summed E-state index contributed by atoms with van der Waals surface area (Å²) in [5.74, 6) is 0. The number of aromatic nitrogens is 2. The molecule has 114 valence electrons. The van der Waals surface area contributed by atoms with E-state index in [0.29, 0.717) is 11.1 Å². The molecule has 0 fully saturated rings. The van der Waals surface area contributed by atoms with E-state index in [1.165, 1.54) is 28.4 Å². The van der Waals surface area contributed by atoms with Crippen LogP contribution in [0.15, 0.2) is 12.8 Å². The summed E-state index contributed by atoms with van der Waals surface area (Å²) in [5.41, 5.74) is 1.17. The van der Waals surface area contributed by atoms with E-state index in [-0.39, 0.29) is 5.04 Å². The third kappa shape index (κ3) is 2.62. The molecule has 0 radical (unpaired) electrons. The van der Waals surface area contributed by atoms with Crippen molar-refractivity contribution in [1.29, 1.82) is 0 Å². The van der Waals surface area contributed by atoms with Crippen LogP contribution in [0.2, 0.25) is 18.1 Å². The van der Waals surface area contributed by atoms with Gasteiger partial charge in [0.1, 0.15) is 13.5 Å². The highest BCUT2D eigenvalue weighted by Crippen LogP contribution is 2.35. The fourth-order valence-corrected chi connectivity index (χ4v) is 5.35. The summed E-state index contributed by atoms with van der Waals surface area (Å²) in [4.78, 5) is 4.42. The van der Waals surface area contributed by atoms with Crippen LogP contribution in [0.1, 0.15) is 26.5 Å². The highest BCUT2D eigenvalue weighted by atomic mass is 32.2. The van der Waals surface area contributed by atoms with E-state index in [1.54, 1.807) is 6.20 Å². The molecule has 7 heteroatoms. The van der Waals surface area contributed by atoms with E-state index >= 15 is 0 Å². The molecule has 1 heterocycles. The van der Waals surface area contributed by atoms with Gasteiger partial charge in [0.25, 0.3) is 0 Å². The second-order valence-electron chi connectivity index (χ2n) is 6.64. The van der Waals surface area contributed by atoms with Crippen LogP contribution >= 0.6 is 0 Å². The van der Waals surface area contributed by atoms with E-state index in [9.17, 15) is 8.42 Å². The summed E-state index contributed by atoms with van der Waals surface area (Å²) in [6, 6.07) is 0. The molecule has 0 saturated heterocycles. The first-order chi connectivity index (χ1) is 8.87. The fourth-order valence-electron chi connectivity index (χ4n) is 1.65. The SMILES string of the molecule is C=Cc1cnc([Si](C)(C)C(C)(C)C)n1S(=O)(=O)N(C)C. The molecular weight excluding hydrogens is 290 g/mol. The molecule has 0 amide bonds. The van der Waals surface area contributed by atoms with Gasteiger partial charge in [0.15, 0.2) is 0 Å². The Hall–Kier alpha value is -0.923. The lowest BCUT2D eigenvalue weighted by molar-refractivity contribution is 0.511. The standard InChI is InChI=1S/C13H25N3O2SSi/c1-9-11-10-14-12(20(7,8)13(2,3)4)16(11)19(17,18)15(5)6/h9-10H,1H2,2-8H3. The Morgan fingerprint density at radius 2 is 1.85 bits per heavy atom. The van der Waals surface area contributed by atoms with Crippen LogP contribution in [0.25, 0.3) is 6.08 Å². The predicted octanol–water partition coefficient (Wildman–Crippen LogP) is 1.90. The first-order valence-corrected chi connectivity index (χ1v) is 10.9. The Morgan fingerprint density at radius 1 is 1.35 bits per heavy atom. The van der Waals surface area contributed by atoms with Gasteiger partial charge in [-0.2, -0.15) is 12.7 Å². The van der Waals surface area contributed by atoms with Crippen LogP contribution in [0, 0.1) is 0 Å². The van der Waals surface area contributed by atoms with Crippen LogP contribution in [0.3, 0.4) is 0 Å². The van der Waals surface area contributed by atoms with Crippen molar-refractivity contribution in [3.05, 3.63) is 18.5 Å². The molecule has 0 bridgehead atoms. The van der Waals surface area contributed by atoms with Crippen LogP contribution in [0.5, 0.6) is 0 Å². The molecule has 0 atom stereocenters. The molecule has 0 aliphatic rings. The quantitative estimate of drug-likeness (QED) is 0.797. The molecule has 0 aromatic carbocycles. The van der Waals surface area contributed by atoms with Crippen LogP contribution in [-0.2, 0) is 10.2 Å². The monoisotopic (exact) mass is 315 g/mol. The molecule has 0 saturated carbocycles. The Bertz CT molecular complexity index is 610. The number of imidazole rings is 1. The summed E-state index contributed by atoms with van der Waals surface area (Å²) in [6.07, 6.45) is 3.12. The maximum Gasteiger partial charge on any atom is 0.308 e. The minimum absolute atomic E-state index is 0.00360. The Kier molecular flexibility index (Phi) is 4.39. The summed E-state index contributed by atoms with van der Waals surface area (Å²) in [7, 11) is -2.63. The zero-order valence-corrected chi connectivity index (χ0v) is 15.2. The highest BCUT2D eigenvalue weighted by Gasteiger charge is 2.43. The van der Waals surface area contributed by atoms with Crippen molar-refractivity contribution >= 4 is 29.8 Å². The molecule has 20 heavy (non-hydrogen) atoms. The van der Waals surface area contributed by atoms with Crippen LogP contribution in [-0.4, -0.2) is 43.8 Å². The molecular formula is C13H25N3O2SSi.